The zero-order chi connectivity index (χ0) is 52.0. The first-order valence-electron chi connectivity index (χ1n) is 22.1. The molecule has 0 saturated carbocycles. The van der Waals surface area contributed by atoms with Crippen LogP contribution in [0.5, 0.6) is 5.75 Å². The molecule has 0 unspecified atom stereocenters. The summed E-state index contributed by atoms with van der Waals surface area (Å²) in [6, 6.07) is -4.51. The van der Waals surface area contributed by atoms with E-state index in [9.17, 15) is 73.5 Å². The fourth-order valence-electron chi connectivity index (χ4n) is 6.92. The number of carboxylic acid groups (broad SMARTS) is 2. The number of likely N-dealkylation sites (tertiary alicyclic amines) is 1. The summed E-state index contributed by atoms with van der Waals surface area (Å²) in [7, 11) is 0. The van der Waals surface area contributed by atoms with Gasteiger partial charge in [0.2, 0.25) is 47.3 Å². The number of hydrogen-bond acceptors (Lipinski definition) is 15. The molecular weight excluding hydrogens is 913 g/mol. The zero-order valence-electron chi connectivity index (χ0n) is 38.6. The van der Waals surface area contributed by atoms with E-state index in [4.69, 9.17) is 17.2 Å². The highest BCUT2D eigenvalue weighted by atomic mass is 16.4. The van der Waals surface area contributed by atoms with Gasteiger partial charge in [0, 0.05) is 25.9 Å². The summed E-state index contributed by atoms with van der Waals surface area (Å²) in [5.41, 5.74) is 16.8. The predicted molar refractivity (Wildman–Crippen MR) is 243 cm³/mol. The molecule has 1 aromatic carbocycles. The largest absolute Gasteiger partial charge is 0.508 e. The Hall–Kier alpha value is -7.13. The third kappa shape index (κ3) is 20.7. The summed E-state index contributed by atoms with van der Waals surface area (Å²) < 4.78 is 0. The Labute approximate surface area is 397 Å². The van der Waals surface area contributed by atoms with Crippen LogP contribution in [0.2, 0.25) is 0 Å². The van der Waals surface area contributed by atoms with E-state index in [0.29, 0.717) is 12.0 Å². The number of rotatable bonds is 29. The molecule has 1 saturated heterocycles. The minimum absolute atomic E-state index is 0.0456. The number of nitrogens with one attached hydrogen (secondary N) is 7. The standard InChI is InChI=1S/C42H66N12O15/c1-21(2)16-29(41(68)69)50-32(59)19-48-38(65)30-7-5-15-54(30)40(67)27(6-4-14-46-42(44)45)49-31(58)18-47-36(63)28(17-23-8-10-24(57)11-9-23)52-39(66)34(22(3)56)53-37(64)26(12-13-33(60)61)51-35(62)25(43)20-55/h8-11,21-22,25-30,34,55-57H,4-7,12-20,43H2,1-3H3,(H,47,63)(H,48,65)(H,49,58)(H,50,59)(H,51,62)(H,52,66)(H,53,64)(H,60,61)(H,68,69)(H4,44,45,46)/t22-,25+,26+,27+,28+,29+,30+,34+/m1/s1. The fourth-order valence-corrected chi connectivity index (χ4v) is 6.92. The number of nitrogens with zero attached hydrogens (tertiary/aromatic N) is 2. The lowest BCUT2D eigenvalue weighted by molar-refractivity contribution is -0.143. The topological polar surface area (TPSA) is 450 Å². The molecule has 0 radical (unpaired) electrons. The van der Waals surface area contributed by atoms with Crippen LogP contribution < -0.4 is 54.4 Å². The van der Waals surface area contributed by atoms with Gasteiger partial charge in [0.05, 0.1) is 25.8 Å². The average Bonchev–Trinajstić information content (AvgIpc) is 3.78. The lowest BCUT2D eigenvalue weighted by Crippen LogP contribution is -2.61. The van der Waals surface area contributed by atoms with Gasteiger partial charge in [-0.05, 0) is 69.1 Å². The van der Waals surface area contributed by atoms with E-state index in [0.717, 1.165) is 6.92 Å². The van der Waals surface area contributed by atoms with E-state index in [2.05, 4.69) is 42.2 Å². The number of aliphatic imine (C=N–C) groups is 1. The smallest absolute Gasteiger partial charge is 0.326 e. The molecule has 18 N–H and O–H groups in total. The number of aromatic hydroxyl groups is 1. The van der Waals surface area contributed by atoms with Gasteiger partial charge >= 0.3 is 11.9 Å². The van der Waals surface area contributed by atoms with Crippen LogP contribution in [-0.4, -0.2) is 177 Å². The number of carbonyl (C=O) groups is 10. The fraction of sp³-hybridized carbons (Fsp3) is 0.595. The monoisotopic (exact) mass is 978 g/mol. The quantitative estimate of drug-likeness (QED) is 0.0202. The van der Waals surface area contributed by atoms with Gasteiger partial charge in [-0.15, -0.1) is 0 Å². The van der Waals surface area contributed by atoms with Gasteiger partial charge in [-0.3, -0.25) is 48.1 Å². The Bertz CT molecular complexity index is 2000. The molecule has 8 atom stereocenters. The van der Waals surface area contributed by atoms with Crippen molar-refractivity contribution < 1.29 is 73.5 Å². The number of aliphatic carboxylic acids is 2. The minimum Gasteiger partial charge on any atom is -0.508 e. The first kappa shape index (κ1) is 58.0. The van der Waals surface area contributed by atoms with E-state index in [-0.39, 0.29) is 62.8 Å². The minimum atomic E-state index is -1.81. The molecule has 0 bridgehead atoms. The van der Waals surface area contributed by atoms with Gasteiger partial charge in [-0.2, -0.15) is 0 Å². The van der Waals surface area contributed by atoms with Gasteiger partial charge in [0.25, 0.3) is 0 Å². The maximum absolute atomic E-state index is 14.0. The highest BCUT2D eigenvalue weighted by Gasteiger charge is 2.38. The normalized spacial score (nSPS) is 16.2. The van der Waals surface area contributed by atoms with E-state index >= 15 is 0 Å². The Kier molecular flexibility index (Phi) is 24.3. The number of benzene rings is 1. The molecule has 0 aliphatic carbocycles. The van der Waals surface area contributed by atoms with E-state index in [1.807, 2.05) is 0 Å². The van der Waals surface area contributed by atoms with Crippen LogP contribution in [0.3, 0.4) is 0 Å². The molecule has 1 aliphatic rings. The summed E-state index contributed by atoms with van der Waals surface area (Å²) in [4.78, 5) is 134. The van der Waals surface area contributed by atoms with Gasteiger partial charge in [-0.25, -0.2) is 4.79 Å². The Morgan fingerprint density at radius 1 is 0.768 bits per heavy atom. The van der Waals surface area contributed by atoms with Gasteiger partial charge in [-0.1, -0.05) is 26.0 Å². The Balaban J connectivity index is 2.27. The molecular formula is C42H66N12O15. The average molecular weight is 979 g/mol. The molecule has 27 heteroatoms. The van der Waals surface area contributed by atoms with Crippen molar-refractivity contribution in [1.82, 2.24) is 42.1 Å². The van der Waals surface area contributed by atoms with Gasteiger partial charge in [0.1, 0.15) is 48.0 Å². The number of guanidine groups is 1. The van der Waals surface area contributed by atoms with Crippen LogP contribution in [0.1, 0.15) is 71.3 Å². The lowest BCUT2D eigenvalue weighted by Gasteiger charge is -2.29. The molecule has 384 valence electrons. The van der Waals surface area contributed by atoms with Crippen LogP contribution in [0, 0.1) is 5.92 Å². The molecule has 2 rings (SSSR count). The first-order chi connectivity index (χ1) is 32.4. The number of aliphatic hydroxyl groups excluding tert-OH is 2. The van der Waals surface area contributed by atoms with Crippen molar-refractivity contribution in [1.29, 1.82) is 0 Å². The number of phenolic OH excluding ortho intramolecular Hbond substituents is 1. The summed E-state index contributed by atoms with van der Waals surface area (Å²) >= 11 is 0. The summed E-state index contributed by atoms with van der Waals surface area (Å²) in [6.07, 6.45) is -2.19. The van der Waals surface area contributed by atoms with Crippen molar-refractivity contribution in [2.45, 2.75) is 121 Å². The van der Waals surface area contributed by atoms with Crippen molar-refractivity contribution in [3.05, 3.63) is 29.8 Å². The number of carbonyl (C=O) groups excluding carboxylic acids is 8. The van der Waals surface area contributed by atoms with Crippen molar-refractivity contribution in [2.24, 2.45) is 28.1 Å². The van der Waals surface area contributed by atoms with Crippen LogP contribution >= 0.6 is 0 Å². The van der Waals surface area contributed by atoms with Crippen molar-refractivity contribution in [3.63, 3.8) is 0 Å². The maximum atomic E-state index is 14.0. The number of amides is 8. The second-order valence-corrected chi connectivity index (χ2v) is 16.7. The number of carboxylic acids is 2. The van der Waals surface area contributed by atoms with Crippen LogP contribution in [-0.2, 0) is 54.4 Å². The van der Waals surface area contributed by atoms with Gasteiger partial charge < -0.3 is 84.9 Å². The van der Waals surface area contributed by atoms with Crippen LogP contribution in [0.25, 0.3) is 0 Å². The van der Waals surface area contributed by atoms with Crippen molar-refractivity contribution >= 4 is 65.2 Å². The highest BCUT2D eigenvalue weighted by molar-refractivity contribution is 5.97. The highest BCUT2D eigenvalue weighted by Crippen LogP contribution is 2.20. The molecule has 1 aromatic rings. The van der Waals surface area contributed by atoms with Crippen LogP contribution in [0.15, 0.2) is 29.3 Å². The summed E-state index contributed by atoms with van der Waals surface area (Å²) in [6.45, 7) is 2.66. The predicted octanol–water partition coefficient (Wildman–Crippen LogP) is -5.67. The van der Waals surface area contributed by atoms with E-state index < -0.39 is 140 Å². The Morgan fingerprint density at radius 2 is 1.38 bits per heavy atom. The molecule has 0 aromatic heterocycles. The van der Waals surface area contributed by atoms with Crippen LogP contribution in [0.4, 0.5) is 0 Å². The summed E-state index contributed by atoms with van der Waals surface area (Å²) in [5.74, 6) is -10.3. The van der Waals surface area contributed by atoms with Crippen molar-refractivity contribution in [2.75, 3.05) is 32.8 Å². The zero-order valence-corrected chi connectivity index (χ0v) is 38.6. The number of phenols is 1. The molecule has 69 heavy (non-hydrogen) atoms. The first-order valence-corrected chi connectivity index (χ1v) is 22.1. The molecule has 1 heterocycles. The maximum Gasteiger partial charge on any atom is 0.326 e. The number of aliphatic hydroxyl groups is 2. The lowest BCUT2D eigenvalue weighted by atomic mass is 10.0. The van der Waals surface area contributed by atoms with Crippen molar-refractivity contribution in [3.8, 4) is 5.75 Å². The molecule has 1 aliphatic heterocycles. The number of hydrogen-bond donors (Lipinski definition) is 15. The second-order valence-electron chi connectivity index (χ2n) is 16.7. The van der Waals surface area contributed by atoms with E-state index in [1.54, 1.807) is 13.8 Å². The van der Waals surface area contributed by atoms with Gasteiger partial charge in [0.15, 0.2) is 5.96 Å². The molecule has 1 fully saturated rings. The summed E-state index contributed by atoms with van der Waals surface area (Å²) in [5, 5.41) is 64.8. The second kappa shape index (κ2) is 28.9. The Morgan fingerprint density at radius 3 is 1.94 bits per heavy atom. The molecule has 27 nitrogen and oxygen atoms in total. The number of nitrogens with two attached hydrogens (primary N) is 3. The SMILES string of the molecule is CC(C)C[C@H](NC(=O)CNC(=O)[C@@H]1CCCN1C(=O)[C@H](CCCN=C(N)N)NC(=O)CNC(=O)[C@H](Cc1ccc(O)cc1)NC(=O)[C@@H](NC(=O)[C@H](CCC(=O)O)NC(=O)[C@@H](N)CO)[C@@H](C)O)C(=O)O. The molecule has 8 amide bonds. The third-order valence-electron chi connectivity index (χ3n) is 10.5. The van der Waals surface area contributed by atoms with E-state index in [1.165, 1.54) is 29.2 Å². The third-order valence-corrected chi connectivity index (χ3v) is 10.5. The molecule has 0 spiro atoms.